The van der Waals surface area contributed by atoms with Crippen LogP contribution in [0.4, 0.5) is 0 Å². The highest BCUT2D eigenvalue weighted by molar-refractivity contribution is 4.55. The summed E-state index contributed by atoms with van der Waals surface area (Å²) in [5, 5.41) is 0. The minimum atomic E-state index is 1.36. The second-order valence-electron chi connectivity index (χ2n) is 6.35. The molecule has 0 spiro atoms. The van der Waals surface area contributed by atoms with Gasteiger partial charge in [-0.3, -0.25) is 0 Å². The molecule has 0 N–H and O–H groups in total. The van der Waals surface area contributed by atoms with Gasteiger partial charge >= 0.3 is 0 Å². The Labute approximate surface area is 95.0 Å². The SMILES string of the molecule is C[N+]1(CCC[N+]2(C)CCCC2)CCCC1. The molecule has 2 heterocycles. The van der Waals surface area contributed by atoms with Crippen LogP contribution in [-0.2, 0) is 0 Å². The van der Waals surface area contributed by atoms with Gasteiger partial charge in [0.2, 0.25) is 0 Å². The highest BCUT2D eigenvalue weighted by atomic mass is 15.4. The van der Waals surface area contributed by atoms with Crippen LogP contribution in [0.1, 0.15) is 32.1 Å². The molecule has 0 aliphatic carbocycles. The maximum atomic E-state index is 2.46. The molecule has 0 aromatic heterocycles. The van der Waals surface area contributed by atoms with E-state index in [0.29, 0.717) is 0 Å². The standard InChI is InChI=1S/C13H28N2/c1-14(8-3-4-9-14)12-7-13-15(2)10-5-6-11-15/h3-13H2,1-2H3/q+2. The minimum Gasteiger partial charge on any atom is -0.326 e. The van der Waals surface area contributed by atoms with Gasteiger partial charge in [-0.15, -0.1) is 0 Å². The molecule has 0 aromatic rings. The molecule has 0 radical (unpaired) electrons. The molecule has 0 bridgehead atoms. The van der Waals surface area contributed by atoms with Crippen molar-refractivity contribution in [3.05, 3.63) is 0 Å². The monoisotopic (exact) mass is 212 g/mol. The molecule has 0 aromatic carbocycles. The molecule has 0 saturated carbocycles. The van der Waals surface area contributed by atoms with Gasteiger partial charge in [0.1, 0.15) is 0 Å². The van der Waals surface area contributed by atoms with Crippen molar-refractivity contribution in [1.82, 2.24) is 0 Å². The van der Waals surface area contributed by atoms with Gasteiger partial charge in [0, 0.05) is 32.1 Å². The van der Waals surface area contributed by atoms with E-state index in [1.54, 1.807) is 0 Å². The van der Waals surface area contributed by atoms with E-state index in [2.05, 4.69) is 14.1 Å². The summed E-state index contributed by atoms with van der Waals surface area (Å²) in [5.74, 6) is 0. The Balaban J connectivity index is 1.69. The fourth-order valence-electron chi connectivity index (χ4n) is 3.48. The normalized spacial score (nSPS) is 28.4. The molecule has 2 aliphatic heterocycles. The lowest BCUT2D eigenvalue weighted by atomic mass is 10.3. The first-order chi connectivity index (χ1) is 7.12. The highest BCUT2D eigenvalue weighted by Crippen LogP contribution is 2.20. The summed E-state index contributed by atoms with van der Waals surface area (Å²) >= 11 is 0. The lowest BCUT2D eigenvalue weighted by Crippen LogP contribution is -2.46. The molecule has 2 fully saturated rings. The molecule has 2 nitrogen and oxygen atoms in total. The summed E-state index contributed by atoms with van der Waals surface area (Å²) < 4.78 is 2.72. The molecule has 2 saturated heterocycles. The van der Waals surface area contributed by atoms with Gasteiger partial charge < -0.3 is 8.97 Å². The number of quaternary nitrogens is 2. The Morgan fingerprint density at radius 3 is 1.33 bits per heavy atom. The third-order valence-electron chi connectivity index (χ3n) is 4.69. The van der Waals surface area contributed by atoms with Gasteiger partial charge in [-0.05, 0) is 0 Å². The smallest absolute Gasteiger partial charge is 0.0838 e. The molecule has 15 heavy (non-hydrogen) atoms. The first-order valence-electron chi connectivity index (χ1n) is 6.79. The quantitative estimate of drug-likeness (QED) is 0.624. The van der Waals surface area contributed by atoms with Crippen molar-refractivity contribution in [1.29, 1.82) is 0 Å². The van der Waals surface area contributed by atoms with Crippen molar-refractivity contribution in [2.75, 3.05) is 53.4 Å². The number of rotatable bonds is 4. The molecule has 0 amide bonds. The average molecular weight is 212 g/mol. The number of nitrogens with zero attached hydrogens (tertiary/aromatic N) is 2. The van der Waals surface area contributed by atoms with E-state index in [-0.39, 0.29) is 0 Å². The van der Waals surface area contributed by atoms with Crippen molar-refractivity contribution in [2.45, 2.75) is 32.1 Å². The Bertz CT molecular complexity index is 179. The van der Waals surface area contributed by atoms with E-state index >= 15 is 0 Å². The molecule has 2 heteroatoms. The maximum Gasteiger partial charge on any atom is 0.0838 e. The highest BCUT2D eigenvalue weighted by Gasteiger charge is 2.30. The zero-order valence-electron chi connectivity index (χ0n) is 10.7. The topological polar surface area (TPSA) is 0 Å². The lowest BCUT2D eigenvalue weighted by Gasteiger charge is -2.33. The number of hydrogen-bond acceptors (Lipinski definition) is 0. The van der Waals surface area contributed by atoms with E-state index in [1.807, 2.05) is 0 Å². The van der Waals surface area contributed by atoms with Crippen molar-refractivity contribution in [3.8, 4) is 0 Å². The van der Waals surface area contributed by atoms with E-state index in [0.717, 1.165) is 0 Å². The molecule has 88 valence electrons. The Hall–Kier alpha value is -0.0800. The second kappa shape index (κ2) is 4.42. The number of likely N-dealkylation sites (tertiary alicyclic amines) is 2. The van der Waals surface area contributed by atoms with Crippen LogP contribution >= 0.6 is 0 Å². The predicted octanol–water partition coefficient (Wildman–Crippen LogP) is 1.86. The summed E-state index contributed by atoms with van der Waals surface area (Å²) in [5.41, 5.74) is 0. The van der Waals surface area contributed by atoms with Crippen molar-refractivity contribution in [2.24, 2.45) is 0 Å². The summed E-state index contributed by atoms with van der Waals surface area (Å²) in [4.78, 5) is 0. The Morgan fingerprint density at radius 1 is 0.667 bits per heavy atom. The van der Waals surface area contributed by atoms with Gasteiger partial charge in [0.25, 0.3) is 0 Å². The van der Waals surface area contributed by atoms with Gasteiger partial charge in [-0.1, -0.05) is 0 Å². The Morgan fingerprint density at radius 2 is 1.00 bits per heavy atom. The van der Waals surface area contributed by atoms with Crippen LogP contribution in [0.2, 0.25) is 0 Å². The van der Waals surface area contributed by atoms with Crippen LogP contribution in [0, 0.1) is 0 Å². The maximum absolute atomic E-state index is 2.46. The van der Waals surface area contributed by atoms with Crippen molar-refractivity contribution < 1.29 is 8.97 Å². The van der Waals surface area contributed by atoms with Crippen LogP contribution in [0.3, 0.4) is 0 Å². The minimum absolute atomic E-state index is 1.36. The fourth-order valence-corrected chi connectivity index (χ4v) is 3.48. The van der Waals surface area contributed by atoms with E-state index in [9.17, 15) is 0 Å². The molecule has 0 atom stereocenters. The second-order valence-corrected chi connectivity index (χ2v) is 6.35. The molecule has 2 aliphatic rings. The predicted molar refractivity (Wildman–Crippen MR) is 64.7 cm³/mol. The van der Waals surface area contributed by atoms with Gasteiger partial charge in [0.05, 0.1) is 53.4 Å². The molecule has 0 unspecified atom stereocenters. The third kappa shape index (κ3) is 2.94. The van der Waals surface area contributed by atoms with Gasteiger partial charge in [-0.2, -0.15) is 0 Å². The van der Waals surface area contributed by atoms with Crippen LogP contribution in [0.5, 0.6) is 0 Å². The summed E-state index contributed by atoms with van der Waals surface area (Å²) in [6.07, 6.45) is 7.28. The van der Waals surface area contributed by atoms with Gasteiger partial charge in [-0.25, -0.2) is 0 Å². The average Bonchev–Trinajstić information content (AvgIpc) is 2.76. The first kappa shape index (κ1) is 11.4. The number of hydrogen-bond donors (Lipinski definition) is 0. The lowest BCUT2D eigenvalue weighted by molar-refractivity contribution is -0.916. The zero-order valence-corrected chi connectivity index (χ0v) is 10.7. The molecule has 2 rings (SSSR count). The van der Waals surface area contributed by atoms with E-state index < -0.39 is 0 Å². The first-order valence-corrected chi connectivity index (χ1v) is 6.79. The molecular weight excluding hydrogens is 184 g/mol. The zero-order chi connectivity index (χ0) is 10.8. The van der Waals surface area contributed by atoms with Gasteiger partial charge in [0.15, 0.2) is 0 Å². The summed E-state index contributed by atoms with van der Waals surface area (Å²) in [6, 6.07) is 0. The van der Waals surface area contributed by atoms with Crippen LogP contribution in [-0.4, -0.2) is 62.3 Å². The van der Waals surface area contributed by atoms with Crippen molar-refractivity contribution in [3.63, 3.8) is 0 Å². The van der Waals surface area contributed by atoms with E-state index in [4.69, 9.17) is 0 Å². The van der Waals surface area contributed by atoms with Crippen molar-refractivity contribution >= 4 is 0 Å². The Kier molecular flexibility index (Phi) is 3.36. The summed E-state index contributed by atoms with van der Waals surface area (Å²) in [7, 11) is 4.91. The summed E-state index contributed by atoms with van der Waals surface area (Å²) in [6.45, 7) is 8.59. The van der Waals surface area contributed by atoms with Crippen LogP contribution in [0.15, 0.2) is 0 Å². The van der Waals surface area contributed by atoms with Crippen LogP contribution in [0.25, 0.3) is 0 Å². The third-order valence-corrected chi connectivity index (χ3v) is 4.69. The molecular formula is C13H28N2+2. The van der Waals surface area contributed by atoms with Crippen LogP contribution < -0.4 is 0 Å². The largest absolute Gasteiger partial charge is 0.326 e. The van der Waals surface area contributed by atoms with E-state index in [1.165, 1.54) is 80.3 Å². The fraction of sp³-hybridized carbons (Fsp3) is 1.00.